The summed E-state index contributed by atoms with van der Waals surface area (Å²) in [6.07, 6.45) is 1.01. The molecule has 0 aliphatic rings. The first kappa shape index (κ1) is 43.1. The van der Waals surface area contributed by atoms with Crippen LogP contribution in [-0.2, 0) is 60.0 Å². The van der Waals surface area contributed by atoms with Gasteiger partial charge in [0.2, 0.25) is 0 Å². The van der Waals surface area contributed by atoms with E-state index in [-0.39, 0.29) is 78.6 Å². The van der Waals surface area contributed by atoms with Crippen molar-refractivity contribution in [2.24, 2.45) is 11.8 Å². The van der Waals surface area contributed by atoms with Gasteiger partial charge in [-0.15, -0.1) is 0 Å². The topological polar surface area (TPSA) is 245 Å². The second-order valence-corrected chi connectivity index (χ2v) is 12.9. The summed E-state index contributed by atoms with van der Waals surface area (Å²) in [6, 6.07) is 0. The standard InChI is InChI=1S/C22H49O18P3/c1-3-21(17-23)18-39-42(27,28)36-15-13-34-11-9-32-7-5-31-6-8-33-10-12-35-14-16-37-43(29,30)40-20-22(4-2)19-38-41(24,25)26/h21-23H,3-20H2,1-2H3,(H,27,28)(H,29,30)(H2,24,25,26). The Kier molecular flexibility index (Phi) is 26.2. The SMILES string of the molecule is CCC(CO)COP(=O)(O)OCCOCCOCCOCCOCCOCCOP(=O)(O)OCC(CC)COP(=O)(O)O. The predicted molar refractivity (Wildman–Crippen MR) is 150 cm³/mol. The van der Waals surface area contributed by atoms with Crippen LogP contribution in [-0.4, -0.2) is 130 Å². The molecule has 4 unspecified atom stereocenters. The first-order valence-electron chi connectivity index (χ1n) is 13.8. The smallest absolute Gasteiger partial charge is 0.396 e. The van der Waals surface area contributed by atoms with Gasteiger partial charge in [-0.05, 0) is 12.8 Å². The first-order chi connectivity index (χ1) is 20.3. The fourth-order valence-electron chi connectivity index (χ4n) is 2.66. The fourth-order valence-corrected chi connectivity index (χ4v) is 4.63. The van der Waals surface area contributed by atoms with Crippen LogP contribution in [0.25, 0.3) is 0 Å². The third-order valence-electron chi connectivity index (χ3n) is 5.29. The van der Waals surface area contributed by atoms with E-state index in [0.717, 1.165) is 0 Å². The van der Waals surface area contributed by atoms with Crippen molar-refractivity contribution in [2.45, 2.75) is 26.7 Å². The van der Waals surface area contributed by atoms with E-state index in [1.165, 1.54) is 0 Å². The minimum absolute atomic E-state index is 0.0158. The van der Waals surface area contributed by atoms with E-state index in [2.05, 4.69) is 4.52 Å². The summed E-state index contributed by atoms with van der Waals surface area (Å²) in [7, 11) is -13.2. The van der Waals surface area contributed by atoms with E-state index in [9.17, 15) is 23.5 Å². The van der Waals surface area contributed by atoms with Crippen molar-refractivity contribution in [3.63, 3.8) is 0 Å². The molecule has 0 saturated carbocycles. The molecule has 0 saturated heterocycles. The molecule has 0 aliphatic heterocycles. The molecule has 0 amide bonds. The lowest BCUT2D eigenvalue weighted by Gasteiger charge is -2.18. The molecule has 0 aromatic rings. The molecule has 43 heavy (non-hydrogen) atoms. The molecule has 0 rings (SSSR count). The van der Waals surface area contributed by atoms with Gasteiger partial charge in [0.25, 0.3) is 0 Å². The van der Waals surface area contributed by atoms with Crippen LogP contribution < -0.4 is 0 Å². The Morgan fingerprint density at radius 2 is 0.767 bits per heavy atom. The lowest BCUT2D eigenvalue weighted by atomic mass is 10.1. The van der Waals surface area contributed by atoms with Gasteiger partial charge in [-0.3, -0.25) is 22.6 Å². The highest BCUT2D eigenvalue weighted by atomic mass is 31.2. The van der Waals surface area contributed by atoms with E-state index in [0.29, 0.717) is 45.9 Å². The van der Waals surface area contributed by atoms with Gasteiger partial charge in [-0.25, -0.2) is 13.7 Å². The Bertz CT molecular complexity index is 795. The molecule has 0 bridgehead atoms. The molecule has 0 aromatic heterocycles. The first-order valence-corrected chi connectivity index (χ1v) is 18.3. The zero-order chi connectivity index (χ0) is 32.5. The van der Waals surface area contributed by atoms with Crippen molar-refractivity contribution in [3.8, 4) is 0 Å². The number of aliphatic hydroxyl groups is 1. The zero-order valence-electron chi connectivity index (χ0n) is 24.8. The molecule has 4 atom stereocenters. The van der Waals surface area contributed by atoms with Crippen LogP contribution in [0, 0.1) is 11.8 Å². The summed E-state index contributed by atoms with van der Waals surface area (Å²) in [5.41, 5.74) is 0. The third-order valence-corrected chi connectivity index (χ3v) is 7.74. The molecule has 0 aliphatic carbocycles. The Balaban J connectivity index is 3.51. The number of ether oxygens (including phenoxy) is 5. The minimum Gasteiger partial charge on any atom is -0.396 e. The molecular formula is C22H49O18P3. The molecule has 0 spiro atoms. The van der Waals surface area contributed by atoms with E-state index in [1.807, 2.05) is 6.92 Å². The van der Waals surface area contributed by atoms with Gasteiger partial charge >= 0.3 is 23.5 Å². The van der Waals surface area contributed by atoms with Crippen molar-refractivity contribution < 1.29 is 84.7 Å². The lowest BCUT2D eigenvalue weighted by molar-refractivity contribution is -0.0157. The summed E-state index contributed by atoms with van der Waals surface area (Å²) < 4.78 is 84.4. The number of rotatable bonds is 32. The number of aliphatic hydroxyl groups excluding tert-OH is 1. The van der Waals surface area contributed by atoms with Gasteiger partial charge in [0.05, 0.1) is 99.1 Å². The Morgan fingerprint density at radius 1 is 0.465 bits per heavy atom. The Morgan fingerprint density at radius 3 is 1.07 bits per heavy atom. The summed E-state index contributed by atoms with van der Waals surface area (Å²) >= 11 is 0. The van der Waals surface area contributed by atoms with E-state index in [4.69, 9.17) is 56.7 Å². The van der Waals surface area contributed by atoms with E-state index >= 15 is 0 Å². The molecule has 0 fully saturated rings. The molecule has 260 valence electrons. The van der Waals surface area contributed by atoms with Gasteiger partial charge in [0.15, 0.2) is 0 Å². The predicted octanol–water partition coefficient (Wildman–Crippen LogP) is 1.49. The second kappa shape index (κ2) is 26.2. The van der Waals surface area contributed by atoms with Crippen LogP contribution in [0.2, 0.25) is 0 Å². The monoisotopic (exact) mass is 694 g/mol. The molecular weight excluding hydrogens is 645 g/mol. The molecule has 0 radical (unpaired) electrons. The van der Waals surface area contributed by atoms with Crippen molar-refractivity contribution >= 4 is 23.5 Å². The summed E-state index contributed by atoms with van der Waals surface area (Å²) in [5.74, 6) is -0.731. The minimum atomic E-state index is -4.64. The van der Waals surface area contributed by atoms with Gasteiger partial charge in [0.1, 0.15) is 0 Å². The molecule has 21 heteroatoms. The number of hydrogen-bond acceptors (Lipinski definition) is 14. The molecule has 18 nitrogen and oxygen atoms in total. The van der Waals surface area contributed by atoms with Crippen molar-refractivity contribution in [1.29, 1.82) is 0 Å². The van der Waals surface area contributed by atoms with Gasteiger partial charge in [0, 0.05) is 18.4 Å². The van der Waals surface area contributed by atoms with E-state index in [1.54, 1.807) is 6.92 Å². The molecule has 0 aromatic carbocycles. The Hall–Kier alpha value is 0.0900. The Labute approximate surface area is 252 Å². The van der Waals surface area contributed by atoms with Crippen LogP contribution in [0.15, 0.2) is 0 Å². The normalized spacial score (nSPS) is 16.5. The average molecular weight is 695 g/mol. The van der Waals surface area contributed by atoms with Crippen LogP contribution in [0.3, 0.4) is 0 Å². The summed E-state index contributed by atoms with van der Waals surface area (Å²) in [4.78, 5) is 36.6. The van der Waals surface area contributed by atoms with Crippen LogP contribution in [0.4, 0.5) is 0 Å². The van der Waals surface area contributed by atoms with Crippen LogP contribution in [0.1, 0.15) is 26.7 Å². The molecule has 0 heterocycles. The highest BCUT2D eigenvalue weighted by Crippen LogP contribution is 2.44. The molecule has 5 N–H and O–H groups in total. The largest absolute Gasteiger partial charge is 0.472 e. The van der Waals surface area contributed by atoms with Gasteiger partial charge in [-0.1, -0.05) is 13.8 Å². The highest BCUT2D eigenvalue weighted by molar-refractivity contribution is 7.47. The lowest BCUT2D eigenvalue weighted by Crippen LogP contribution is -2.15. The summed E-state index contributed by atoms with van der Waals surface area (Å²) in [6.45, 7) is 4.87. The zero-order valence-corrected chi connectivity index (χ0v) is 27.5. The number of phosphoric ester groups is 3. The van der Waals surface area contributed by atoms with Crippen LogP contribution in [0.5, 0.6) is 0 Å². The summed E-state index contributed by atoms with van der Waals surface area (Å²) in [5, 5.41) is 9.05. The van der Waals surface area contributed by atoms with Gasteiger partial charge in [-0.2, -0.15) is 0 Å². The van der Waals surface area contributed by atoms with Crippen molar-refractivity contribution in [2.75, 3.05) is 106 Å². The van der Waals surface area contributed by atoms with Crippen molar-refractivity contribution in [1.82, 2.24) is 0 Å². The third kappa shape index (κ3) is 29.3. The number of hydrogen-bond donors (Lipinski definition) is 5. The maximum absolute atomic E-state index is 11.9. The van der Waals surface area contributed by atoms with E-state index < -0.39 is 29.4 Å². The quantitative estimate of drug-likeness (QED) is 0.0494. The maximum Gasteiger partial charge on any atom is 0.472 e. The highest BCUT2D eigenvalue weighted by Gasteiger charge is 2.25. The average Bonchev–Trinajstić information content (AvgIpc) is 2.94. The second-order valence-electron chi connectivity index (χ2n) is 8.77. The van der Waals surface area contributed by atoms with Gasteiger partial charge < -0.3 is 48.4 Å². The number of phosphoric acid groups is 3. The fraction of sp³-hybridized carbons (Fsp3) is 1.00. The van der Waals surface area contributed by atoms with Crippen LogP contribution >= 0.6 is 23.5 Å². The maximum atomic E-state index is 11.9. The van der Waals surface area contributed by atoms with Crippen molar-refractivity contribution in [3.05, 3.63) is 0 Å².